The number of sulfonamides is 2. The molecule has 0 radical (unpaired) electrons. The monoisotopic (exact) mass is 508 g/mol. The lowest BCUT2D eigenvalue weighted by Crippen LogP contribution is -2.26. The summed E-state index contributed by atoms with van der Waals surface area (Å²) in [5.74, 6) is -1.73. The minimum atomic E-state index is -4.03. The minimum absolute atomic E-state index is 0.00124. The van der Waals surface area contributed by atoms with E-state index in [-0.39, 0.29) is 27.6 Å². The average molecular weight is 509 g/mol. The van der Waals surface area contributed by atoms with Crippen molar-refractivity contribution in [1.82, 2.24) is 4.31 Å². The first kappa shape index (κ1) is 25.3. The summed E-state index contributed by atoms with van der Waals surface area (Å²) in [5, 5.41) is 14.7. The molecule has 12 heteroatoms. The van der Waals surface area contributed by atoms with Gasteiger partial charge in [0.25, 0.3) is 0 Å². The molecule has 34 heavy (non-hydrogen) atoms. The van der Waals surface area contributed by atoms with Crippen molar-refractivity contribution < 1.29 is 35.9 Å². The third-order valence-electron chi connectivity index (χ3n) is 4.82. The maximum Gasteiger partial charge on any atom is 0.349 e. The Morgan fingerprint density at radius 2 is 1.62 bits per heavy atom. The van der Waals surface area contributed by atoms with E-state index in [2.05, 4.69) is 0 Å². The number of aliphatic carboxylic acids is 1. The smallest absolute Gasteiger partial charge is 0.349 e. The highest BCUT2D eigenvalue weighted by molar-refractivity contribution is 7.89. The van der Waals surface area contributed by atoms with Crippen LogP contribution in [-0.4, -0.2) is 39.3 Å². The first-order chi connectivity index (χ1) is 15.9. The molecule has 0 aromatic heterocycles. The van der Waals surface area contributed by atoms with Gasteiger partial charge in [0.05, 0.1) is 9.79 Å². The van der Waals surface area contributed by atoms with E-state index in [4.69, 9.17) is 9.88 Å². The zero-order chi connectivity index (χ0) is 25.1. The fourth-order valence-corrected chi connectivity index (χ4v) is 4.78. The van der Waals surface area contributed by atoms with Gasteiger partial charge in [-0.15, -0.1) is 0 Å². The van der Waals surface area contributed by atoms with Gasteiger partial charge in [-0.25, -0.2) is 31.2 Å². The van der Waals surface area contributed by atoms with Gasteiger partial charge >= 0.3 is 5.97 Å². The van der Waals surface area contributed by atoms with Crippen molar-refractivity contribution in [2.24, 2.45) is 5.14 Å². The number of nitrogens with zero attached hydrogens (tertiary/aromatic N) is 1. The van der Waals surface area contributed by atoms with E-state index in [1.807, 2.05) is 0 Å². The van der Waals surface area contributed by atoms with E-state index in [9.17, 15) is 31.1 Å². The lowest BCUT2D eigenvalue weighted by atomic mass is 10.1. The van der Waals surface area contributed by atoms with Crippen molar-refractivity contribution in [1.29, 1.82) is 0 Å². The Morgan fingerprint density at radius 3 is 2.18 bits per heavy atom. The van der Waals surface area contributed by atoms with E-state index >= 15 is 0 Å². The summed E-state index contributed by atoms with van der Waals surface area (Å²) in [5.41, 5.74) is 0.664. The summed E-state index contributed by atoms with van der Waals surface area (Å²) in [4.78, 5) is 11.4. The largest absolute Gasteiger partial charge is 0.478 e. The first-order valence-corrected chi connectivity index (χ1v) is 12.7. The highest BCUT2D eigenvalue weighted by Gasteiger charge is 2.24. The van der Waals surface area contributed by atoms with Crippen LogP contribution in [0.1, 0.15) is 17.2 Å². The Bertz CT molecular complexity index is 1390. The Balaban J connectivity index is 1.75. The van der Waals surface area contributed by atoms with Gasteiger partial charge in [-0.2, -0.15) is 4.31 Å². The summed E-state index contributed by atoms with van der Waals surface area (Å²) in [6.07, 6.45) is -1.51. The van der Waals surface area contributed by atoms with Crippen molar-refractivity contribution >= 4 is 26.0 Å². The molecular formula is C22H21FN2O7S2. The van der Waals surface area contributed by atoms with Crippen LogP contribution >= 0.6 is 0 Å². The fraction of sp³-hybridized carbons (Fsp3) is 0.136. The molecule has 0 saturated carbocycles. The summed E-state index contributed by atoms with van der Waals surface area (Å²) in [6.45, 7) is -0.00124. The highest BCUT2D eigenvalue weighted by atomic mass is 32.2. The number of rotatable bonds is 9. The standard InChI is InChI=1S/C22H21FN2O7S2/c1-25(34(30,31)19-11-7-17(23)8-12-19)14-15-5-9-18(10-6-15)32-21(22(26)27)16-3-2-4-20(13-16)33(24,28)29/h2-13,21H,14H2,1H3,(H,26,27)(H2,24,28,29). The highest BCUT2D eigenvalue weighted by Crippen LogP contribution is 2.25. The molecule has 0 bridgehead atoms. The van der Waals surface area contributed by atoms with Gasteiger partial charge in [0.2, 0.25) is 26.2 Å². The number of carboxylic acid groups (broad SMARTS) is 1. The van der Waals surface area contributed by atoms with Crippen LogP contribution in [0.15, 0.2) is 82.6 Å². The molecule has 0 saturated heterocycles. The molecule has 9 nitrogen and oxygen atoms in total. The van der Waals surface area contributed by atoms with Crippen molar-refractivity contribution in [2.45, 2.75) is 22.4 Å². The summed E-state index contributed by atoms with van der Waals surface area (Å²) < 4.78 is 68.1. The maximum absolute atomic E-state index is 13.1. The third kappa shape index (κ3) is 5.97. The zero-order valence-electron chi connectivity index (χ0n) is 17.8. The minimum Gasteiger partial charge on any atom is -0.478 e. The van der Waals surface area contributed by atoms with Crippen molar-refractivity contribution in [2.75, 3.05) is 7.05 Å². The van der Waals surface area contributed by atoms with Gasteiger partial charge in [0.15, 0.2) is 0 Å². The van der Waals surface area contributed by atoms with Crippen LogP contribution in [0.4, 0.5) is 4.39 Å². The molecule has 0 heterocycles. The molecule has 3 N–H and O–H groups in total. The number of ether oxygens (including phenoxy) is 1. The molecule has 1 atom stereocenters. The van der Waals surface area contributed by atoms with Crippen LogP contribution in [0, 0.1) is 5.82 Å². The molecular weight excluding hydrogens is 487 g/mol. The van der Waals surface area contributed by atoms with Crippen molar-refractivity contribution in [3.63, 3.8) is 0 Å². The maximum atomic E-state index is 13.1. The van der Waals surface area contributed by atoms with E-state index in [0.29, 0.717) is 5.56 Å². The quantitative estimate of drug-likeness (QED) is 0.452. The molecule has 0 spiro atoms. The number of hydrogen-bond acceptors (Lipinski definition) is 6. The Kier molecular flexibility index (Phi) is 7.36. The number of hydrogen-bond donors (Lipinski definition) is 2. The summed E-state index contributed by atoms with van der Waals surface area (Å²) in [7, 11) is -6.50. The number of carboxylic acids is 1. The van der Waals surface area contributed by atoms with Crippen LogP contribution in [-0.2, 0) is 31.4 Å². The Hall–Kier alpha value is -3.32. The van der Waals surface area contributed by atoms with Crippen LogP contribution in [0.5, 0.6) is 5.75 Å². The van der Waals surface area contributed by atoms with E-state index < -0.39 is 37.9 Å². The predicted molar refractivity (Wildman–Crippen MR) is 120 cm³/mol. The summed E-state index contributed by atoms with van der Waals surface area (Å²) >= 11 is 0. The van der Waals surface area contributed by atoms with Crippen molar-refractivity contribution in [3.05, 3.63) is 89.7 Å². The van der Waals surface area contributed by atoms with Gasteiger partial charge in [-0.1, -0.05) is 24.3 Å². The molecule has 3 aromatic carbocycles. The molecule has 180 valence electrons. The summed E-state index contributed by atoms with van der Waals surface area (Å²) in [6, 6.07) is 15.6. The number of benzene rings is 3. The number of primary sulfonamides is 1. The van der Waals surface area contributed by atoms with Gasteiger partial charge in [-0.05, 0) is 54.1 Å². The second-order valence-corrected chi connectivity index (χ2v) is 10.9. The lowest BCUT2D eigenvalue weighted by Gasteiger charge is -2.18. The van der Waals surface area contributed by atoms with E-state index in [1.165, 1.54) is 49.5 Å². The molecule has 0 aliphatic carbocycles. The molecule has 3 aromatic rings. The van der Waals surface area contributed by atoms with Gasteiger partial charge in [0.1, 0.15) is 11.6 Å². The first-order valence-electron chi connectivity index (χ1n) is 9.71. The van der Waals surface area contributed by atoms with Crippen LogP contribution in [0.2, 0.25) is 0 Å². The molecule has 3 rings (SSSR count). The predicted octanol–water partition coefficient (Wildman–Crippen LogP) is 2.50. The molecule has 1 unspecified atom stereocenters. The van der Waals surface area contributed by atoms with Gasteiger partial charge < -0.3 is 9.84 Å². The molecule has 0 aliphatic rings. The molecule has 0 amide bonds. The van der Waals surface area contributed by atoms with Gasteiger partial charge in [0, 0.05) is 19.2 Å². The van der Waals surface area contributed by atoms with Crippen LogP contribution in [0.25, 0.3) is 0 Å². The topological polar surface area (TPSA) is 144 Å². The number of halogens is 1. The van der Waals surface area contributed by atoms with E-state index in [1.54, 1.807) is 12.1 Å². The Labute approximate surface area is 196 Å². The van der Waals surface area contributed by atoms with Crippen LogP contribution < -0.4 is 9.88 Å². The van der Waals surface area contributed by atoms with Crippen molar-refractivity contribution in [3.8, 4) is 5.75 Å². The SMILES string of the molecule is CN(Cc1ccc(OC(C(=O)O)c2cccc(S(N)(=O)=O)c2)cc1)S(=O)(=O)c1ccc(F)cc1. The van der Waals surface area contributed by atoms with Gasteiger partial charge in [-0.3, -0.25) is 0 Å². The van der Waals surface area contributed by atoms with Crippen LogP contribution in [0.3, 0.4) is 0 Å². The Morgan fingerprint density at radius 1 is 1.00 bits per heavy atom. The fourth-order valence-electron chi connectivity index (χ4n) is 3.05. The molecule has 0 aliphatic heterocycles. The average Bonchev–Trinajstić information content (AvgIpc) is 2.78. The second-order valence-electron chi connectivity index (χ2n) is 7.31. The second kappa shape index (κ2) is 9.89. The van der Waals surface area contributed by atoms with E-state index in [0.717, 1.165) is 22.5 Å². The number of carbonyl (C=O) groups is 1. The molecule has 0 fully saturated rings. The third-order valence-corrected chi connectivity index (χ3v) is 7.55. The number of nitrogens with two attached hydrogens (primary N) is 1. The normalized spacial score (nSPS) is 12.9. The lowest BCUT2D eigenvalue weighted by molar-refractivity contribution is -0.145. The zero-order valence-corrected chi connectivity index (χ0v) is 19.5.